The van der Waals surface area contributed by atoms with Crippen LogP contribution in [0.15, 0.2) is 54.6 Å². The lowest BCUT2D eigenvalue weighted by atomic mass is 10.0. The van der Waals surface area contributed by atoms with Gasteiger partial charge in [0.05, 0.1) is 0 Å². The van der Waals surface area contributed by atoms with Crippen LogP contribution in [0.2, 0.25) is 0 Å². The Bertz CT molecular complexity index is 864. The molecule has 3 rings (SSSR count). The van der Waals surface area contributed by atoms with E-state index in [9.17, 15) is 19.5 Å². The second kappa shape index (κ2) is 9.37. The molecular weight excluding hydrogens is 368 g/mol. The molecule has 2 aromatic carbocycles. The minimum Gasteiger partial charge on any atom is -0.480 e. The van der Waals surface area contributed by atoms with Crippen molar-refractivity contribution in [1.82, 2.24) is 10.2 Å². The molecule has 0 radical (unpaired) electrons. The van der Waals surface area contributed by atoms with Gasteiger partial charge in [0.2, 0.25) is 11.8 Å². The van der Waals surface area contributed by atoms with E-state index in [-0.39, 0.29) is 30.7 Å². The quantitative estimate of drug-likeness (QED) is 0.721. The molecule has 29 heavy (non-hydrogen) atoms. The van der Waals surface area contributed by atoms with Gasteiger partial charge in [-0.05, 0) is 24.5 Å². The molecule has 1 saturated heterocycles. The molecule has 0 aliphatic carbocycles. The van der Waals surface area contributed by atoms with E-state index in [0.717, 1.165) is 16.7 Å². The van der Waals surface area contributed by atoms with Crippen LogP contribution >= 0.6 is 0 Å². The molecule has 1 aliphatic rings. The summed E-state index contributed by atoms with van der Waals surface area (Å²) in [6.45, 7) is 2.47. The van der Waals surface area contributed by atoms with E-state index in [1.165, 1.54) is 0 Å². The summed E-state index contributed by atoms with van der Waals surface area (Å²) in [7, 11) is 0. The predicted octanol–water partition coefficient (Wildman–Crippen LogP) is 2.69. The Labute approximate surface area is 170 Å². The highest BCUT2D eigenvalue weighted by molar-refractivity contribution is 5.85. The van der Waals surface area contributed by atoms with Crippen LogP contribution in [0, 0.1) is 6.92 Å². The van der Waals surface area contributed by atoms with Gasteiger partial charge >= 0.3 is 5.97 Å². The van der Waals surface area contributed by atoms with Crippen molar-refractivity contribution >= 4 is 17.8 Å². The van der Waals surface area contributed by atoms with Crippen molar-refractivity contribution in [1.29, 1.82) is 0 Å². The number of nitrogens with zero attached hydrogens (tertiary/aromatic N) is 1. The van der Waals surface area contributed by atoms with Crippen LogP contribution in [0.25, 0.3) is 0 Å². The van der Waals surface area contributed by atoms with Crippen molar-refractivity contribution in [2.24, 2.45) is 0 Å². The monoisotopic (exact) mass is 394 g/mol. The highest BCUT2D eigenvalue weighted by Crippen LogP contribution is 2.24. The predicted molar refractivity (Wildman–Crippen MR) is 109 cm³/mol. The maximum absolute atomic E-state index is 12.5. The summed E-state index contributed by atoms with van der Waals surface area (Å²) in [4.78, 5) is 38.2. The average Bonchev–Trinajstić information content (AvgIpc) is 3.03. The van der Waals surface area contributed by atoms with E-state index in [1.54, 1.807) is 4.90 Å². The Morgan fingerprint density at radius 3 is 2.45 bits per heavy atom. The SMILES string of the molecule is Cc1ccc(CN2C(=O)CC[C@H]2CC(=O)N[C@@H](Cc2ccccc2)C(=O)O)cc1. The third-order valence-electron chi connectivity index (χ3n) is 5.26. The summed E-state index contributed by atoms with van der Waals surface area (Å²) in [5.41, 5.74) is 3.01. The molecule has 2 aromatic rings. The van der Waals surface area contributed by atoms with Crippen molar-refractivity contribution in [3.63, 3.8) is 0 Å². The van der Waals surface area contributed by atoms with E-state index in [0.29, 0.717) is 19.4 Å². The number of hydrogen-bond donors (Lipinski definition) is 2. The fraction of sp³-hybridized carbons (Fsp3) is 0.348. The van der Waals surface area contributed by atoms with Crippen LogP contribution in [0.3, 0.4) is 0 Å². The first kappa shape index (κ1) is 20.6. The first-order valence-electron chi connectivity index (χ1n) is 9.83. The van der Waals surface area contributed by atoms with Crippen LogP contribution in [0.4, 0.5) is 0 Å². The number of carbonyl (C=O) groups excluding carboxylic acids is 2. The molecule has 1 fully saturated rings. The van der Waals surface area contributed by atoms with Gasteiger partial charge in [0.15, 0.2) is 0 Å². The molecular formula is C23H26N2O4. The van der Waals surface area contributed by atoms with Crippen LogP contribution in [-0.2, 0) is 27.3 Å². The maximum atomic E-state index is 12.5. The number of aliphatic carboxylic acids is 1. The first-order valence-corrected chi connectivity index (χ1v) is 9.83. The van der Waals surface area contributed by atoms with Crippen molar-refractivity contribution in [3.8, 4) is 0 Å². The van der Waals surface area contributed by atoms with Gasteiger partial charge in [0.25, 0.3) is 0 Å². The highest BCUT2D eigenvalue weighted by Gasteiger charge is 2.33. The van der Waals surface area contributed by atoms with Gasteiger partial charge in [-0.3, -0.25) is 9.59 Å². The number of amides is 2. The molecule has 2 atom stereocenters. The van der Waals surface area contributed by atoms with Gasteiger partial charge in [-0.2, -0.15) is 0 Å². The number of aryl methyl sites for hydroxylation is 1. The standard InChI is InChI=1S/C23H26N2O4/c1-16-7-9-18(10-8-16)15-25-19(11-12-22(25)27)14-21(26)24-20(23(28)29)13-17-5-3-2-4-6-17/h2-10,19-20H,11-15H2,1H3,(H,24,26)(H,28,29)/t19-,20-/m0/s1. The van der Waals surface area contributed by atoms with Gasteiger partial charge in [0.1, 0.15) is 6.04 Å². The van der Waals surface area contributed by atoms with E-state index in [2.05, 4.69) is 5.32 Å². The number of carbonyl (C=O) groups is 3. The van der Waals surface area contributed by atoms with E-state index in [1.807, 2.05) is 61.5 Å². The molecule has 1 aliphatic heterocycles. The summed E-state index contributed by atoms with van der Waals surface area (Å²) in [5.74, 6) is -1.38. The topological polar surface area (TPSA) is 86.7 Å². The zero-order valence-electron chi connectivity index (χ0n) is 16.5. The minimum atomic E-state index is -1.07. The molecule has 0 bridgehead atoms. The third kappa shape index (κ3) is 5.67. The summed E-state index contributed by atoms with van der Waals surface area (Å²) in [6.07, 6.45) is 1.35. The highest BCUT2D eigenvalue weighted by atomic mass is 16.4. The first-order chi connectivity index (χ1) is 13.9. The fourth-order valence-corrected chi connectivity index (χ4v) is 3.63. The van der Waals surface area contributed by atoms with E-state index in [4.69, 9.17) is 0 Å². The Morgan fingerprint density at radius 2 is 1.79 bits per heavy atom. The van der Waals surface area contributed by atoms with Crippen LogP contribution in [0.5, 0.6) is 0 Å². The second-order valence-corrected chi connectivity index (χ2v) is 7.55. The summed E-state index contributed by atoms with van der Waals surface area (Å²) < 4.78 is 0. The number of hydrogen-bond acceptors (Lipinski definition) is 3. The number of likely N-dealkylation sites (tertiary alicyclic amines) is 1. The van der Waals surface area contributed by atoms with Crippen molar-refractivity contribution in [2.45, 2.75) is 51.2 Å². The lowest BCUT2D eigenvalue weighted by Gasteiger charge is -2.25. The smallest absolute Gasteiger partial charge is 0.326 e. The molecule has 152 valence electrons. The number of carboxylic acids is 1. The third-order valence-corrected chi connectivity index (χ3v) is 5.26. The molecule has 0 spiro atoms. The lowest BCUT2D eigenvalue weighted by molar-refractivity contribution is -0.142. The van der Waals surface area contributed by atoms with Crippen molar-refractivity contribution < 1.29 is 19.5 Å². The Balaban J connectivity index is 1.60. The second-order valence-electron chi connectivity index (χ2n) is 7.55. The lowest BCUT2D eigenvalue weighted by Crippen LogP contribution is -2.44. The molecule has 2 N–H and O–H groups in total. The summed E-state index contributed by atoms with van der Waals surface area (Å²) in [5, 5.41) is 12.1. The van der Waals surface area contributed by atoms with Crippen LogP contribution < -0.4 is 5.32 Å². The molecule has 6 heteroatoms. The maximum Gasteiger partial charge on any atom is 0.326 e. The average molecular weight is 394 g/mol. The molecule has 0 aromatic heterocycles. The largest absolute Gasteiger partial charge is 0.480 e. The van der Waals surface area contributed by atoms with Gasteiger partial charge in [-0.15, -0.1) is 0 Å². The molecule has 0 saturated carbocycles. The number of benzene rings is 2. The van der Waals surface area contributed by atoms with Gasteiger partial charge in [0, 0.05) is 31.8 Å². The number of rotatable bonds is 8. The van der Waals surface area contributed by atoms with Gasteiger partial charge < -0.3 is 15.3 Å². The zero-order valence-corrected chi connectivity index (χ0v) is 16.5. The fourth-order valence-electron chi connectivity index (χ4n) is 3.63. The van der Waals surface area contributed by atoms with Gasteiger partial charge in [-0.1, -0.05) is 60.2 Å². The molecule has 2 amide bonds. The van der Waals surface area contributed by atoms with E-state index < -0.39 is 12.0 Å². The molecule has 1 heterocycles. The summed E-state index contributed by atoms with van der Waals surface area (Å²) in [6, 6.07) is 16.0. The van der Waals surface area contributed by atoms with Crippen LogP contribution in [-0.4, -0.2) is 39.9 Å². The van der Waals surface area contributed by atoms with Crippen molar-refractivity contribution in [3.05, 3.63) is 71.3 Å². The molecule has 6 nitrogen and oxygen atoms in total. The minimum absolute atomic E-state index is 0.0300. The van der Waals surface area contributed by atoms with Crippen molar-refractivity contribution in [2.75, 3.05) is 0 Å². The zero-order chi connectivity index (χ0) is 20.8. The van der Waals surface area contributed by atoms with Gasteiger partial charge in [-0.25, -0.2) is 4.79 Å². The van der Waals surface area contributed by atoms with Crippen LogP contribution in [0.1, 0.15) is 36.0 Å². The Kier molecular flexibility index (Phi) is 6.65. The number of nitrogens with one attached hydrogen (secondary N) is 1. The summed E-state index contributed by atoms with van der Waals surface area (Å²) >= 11 is 0. The Morgan fingerprint density at radius 1 is 1.10 bits per heavy atom. The molecule has 0 unspecified atom stereocenters. The number of carboxylic acid groups (broad SMARTS) is 1. The van der Waals surface area contributed by atoms with E-state index >= 15 is 0 Å². The Hall–Kier alpha value is -3.15. The normalized spacial score (nSPS) is 17.2.